The number of carbonyl (C=O) groups excluding carboxylic acids is 4. The number of esters is 4. The molecule has 2 rings (SSSR count). The van der Waals surface area contributed by atoms with Crippen molar-refractivity contribution in [2.75, 3.05) is 26.4 Å². The Hall–Kier alpha value is -2.38. The van der Waals surface area contributed by atoms with Crippen LogP contribution in [0, 0.1) is 11.8 Å². The number of carbonyl (C=O) groups is 4. The molecular weight excluding hydrogens is 452 g/mol. The van der Waals surface area contributed by atoms with Crippen LogP contribution in [-0.2, 0) is 38.1 Å². The van der Waals surface area contributed by atoms with Gasteiger partial charge in [-0.15, -0.1) is 0 Å². The largest absolute Gasteiger partial charge is 0.465 e. The van der Waals surface area contributed by atoms with Crippen LogP contribution in [0.5, 0.6) is 0 Å². The first-order chi connectivity index (χ1) is 17.0. The highest BCUT2D eigenvalue weighted by molar-refractivity contribution is 5.95. The third-order valence-electron chi connectivity index (χ3n) is 6.58. The van der Waals surface area contributed by atoms with Gasteiger partial charge >= 0.3 is 23.9 Å². The van der Waals surface area contributed by atoms with E-state index >= 15 is 0 Å². The fraction of sp³-hybridized carbons (Fsp3) is 0.778. The predicted molar refractivity (Wildman–Crippen MR) is 129 cm³/mol. The zero-order valence-electron chi connectivity index (χ0n) is 21.2. The summed E-state index contributed by atoms with van der Waals surface area (Å²) in [6.07, 6.45) is 13.9. The van der Waals surface area contributed by atoms with Crippen molar-refractivity contribution in [2.45, 2.75) is 96.8 Å². The predicted octanol–water partition coefficient (Wildman–Crippen LogP) is 4.83. The molecule has 2 fully saturated rings. The lowest BCUT2D eigenvalue weighted by Crippen LogP contribution is -2.21. The second-order valence-corrected chi connectivity index (χ2v) is 9.55. The van der Waals surface area contributed by atoms with Gasteiger partial charge in [0.15, 0.2) is 0 Å². The van der Waals surface area contributed by atoms with Crippen molar-refractivity contribution >= 4 is 23.9 Å². The normalized spacial score (nSPS) is 17.5. The Morgan fingerprint density at radius 3 is 1.46 bits per heavy atom. The van der Waals surface area contributed by atoms with Crippen LogP contribution in [0.4, 0.5) is 0 Å². The van der Waals surface area contributed by atoms with Gasteiger partial charge in [-0.1, -0.05) is 38.5 Å². The van der Waals surface area contributed by atoms with Crippen LogP contribution in [0.15, 0.2) is 11.6 Å². The molecule has 0 aliphatic heterocycles. The van der Waals surface area contributed by atoms with Gasteiger partial charge in [0.1, 0.15) is 0 Å². The third-order valence-corrected chi connectivity index (χ3v) is 6.58. The van der Waals surface area contributed by atoms with Gasteiger partial charge in [-0.05, 0) is 58.3 Å². The van der Waals surface area contributed by atoms with Gasteiger partial charge in [0, 0.05) is 11.6 Å². The van der Waals surface area contributed by atoms with Crippen LogP contribution in [0.25, 0.3) is 0 Å². The van der Waals surface area contributed by atoms with E-state index in [-0.39, 0.29) is 42.6 Å². The van der Waals surface area contributed by atoms with Crippen LogP contribution in [0.1, 0.15) is 96.8 Å². The zero-order chi connectivity index (χ0) is 25.3. The van der Waals surface area contributed by atoms with Gasteiger partial charge < -0.3 is 18.9 Å². The van der Waals surface area contributed by atoms with Crippen molar-refractivity contribution in [1.82, 2.24) is 0 Å². The molecule has 2 saturated carbocycles. The minimum atomic E-state index is -0.603. The first-order valence-corrected chi connectivity index (χ1v) is 13.3. The molecule has 0 N–H and O–H groups in total. The molecule has 2 aliphatic rings. The highest BCUT2D eigenvalue weighted by Crippen LogP contribution is 2.25. The van der Waals surface area contributed by atoms with Gasteiger partial charge in [-0.3, -0.25) is 9.59 Å². The van der Waals surface area contributed by atoms with Crippen LogP contribution >= 0.6 is 0 Å². The summed E-state index contributed by atoms with van der Waals surface area (Å²) in [5, 5.41) is 0. The van der Waals surface area contributed by atoms with Gasteiger partial charge in [0.2, 0.25) is 0 Å². The molecule has 0 spiro atoms. The summed E-state index contributed by atoms with van der Waals surface area (Å²) in [6.45, 7) is 2.54. The van der Waals surface area contributed by atoms with Crippen molar-refractivity contribution in [1.29, 1.82) is 0 Å². The van der Waals surface area contributed by atoms with Crippen molar-refractivity contribution in [3.05, 3.63) is 11.6 Å². The fourth-order valence-corrected chi connectivity index (χ4v) is 4.39. The molecule has 2 aliphatic carbocycles. The van der Waals surface area contributed by atoms with E-state index in [1.165, 1.54) is 19.8 Å². The molecule has 8 heteroatoms. The summed E-state index contributed by atoms with van der Waals surface area (Å²) in [5.41, 5.74) is 0.167. The molecular formula is C27H42O8. The Balaban J connectivity index is 1.46. The first-order valence-electron chi connectivity index (χ1n) is 13.3. The summed E-state index contributed by atoms with van der Waals surface area (Å²) in [5.74, 6) is -1.32. The molecule has 198 valence electrons. The number of hydrogen-bond donors (Lipinski definition) is 0. The quantitative estimate of drug-likeness (QED) is 0.146. The highest BCUT2D eigenvalue weighted by Gasteiger charge is 2.23. The molecule has 0 heterocycles. The van der Waals surface area contributed by atoms with Crippen molar-refractivity contribution < 1.29 is 38.1 Å². The maximum atomic E-state index is 12.0. The fourth-order valence-electron chi connectivity index (χ4n) is 4.39. The zero-order valence-corrected chi connectivity index (χ0v) is 21.2. The monoisotopic (exact) mass is 494 g/mol. The standard InChI is InChI=1S/C27H42O8/c1-21(25(29)33-17-10-11-19-35-27(31)23-14-6-3-7-15-23)20-24(28)32-16-8-9-18-34-26(30)22-12-4-2-5-13-22/h20,22-23H,2-19H2,1H3/b21-20+. The Labute approximate surface area is 209 Å². The summed E-state index contributed by atoms with van der Waals surface area (Å²) in [6, 6.07) is 0. The molecule has 8 nitrogen and oxygen atoms in total. The van der Waals surface area contributed by atoms with Gasteiger partial charge in [-0.2, -0.15) is 0 Å². The van der Waals surface area contributed by atoms with E-state index in [4.69, 9.17) is 18.9 Å². The van der Waals surface area contributed by atoms with Gasteiger partial charge in [-0.25, -0.2) is 9.59 Å². The average Bonchev–Trinajstić information content (AvgIpc) is 2.88. The lowest BCUT2D eigenvalue weighted by atomic mass is 9.89. The highest BCUT2D eigenvalue weighted by atomic mass is 16.5. The topological polar surface area (TPSA) is 105 Å². The molecule has 0 bridgehead atoms. The molecule has 0 aromatic rings. The van der Waals surface area contributed by atoms with Crippen LogP contribution in [0.2, 0.25) is 0 Å². The summed E-state index contributed by atoms with van der Waals surface area (Å²) in [4.78, 5) is 47.8. The Morgan fingerprint density at radius 1 is 0.600 bits per heavy atom. The minimum absolute atomic E-state index is 0.0397. The van der Waals surface area contributed by atoms with E-state index in [1.807, 2.05) is 0 Å². The van der Waals surface area contributed by atoms with E-state index in [0.717, 1.165) is 57.4 Å². The SMILES string of the molecule is C/C(=C\C(=O)OCCCCOC(=O)C1CCCCC1)C(=O)OCCCCOC(=O)C1CCCCC1. The average molecular weight is 495 g/mol. The molecule has 0 unspecified atom stereocenters. The summed E-state index contributed by atoms with van der Waals surface area (Å²) in [7, 11) is 0. The third kappa shape index (κ3) is 12.2. The smallest absolute Gasteiger partial charge is 0.333 e. The van der Waals surface area contributed by atoms with Crippen molar-refractivity contribution in [3.63, 3.8) is 0 Å². The first kappa shape index (κ1) is 28.9. The second kappa shape index (κ2) is 17.1. The molecule has 0 radical (unpaired) electrons. The minimum Gasteiger partial charge on any atom is -0.465 e. The Bertz CT molecular complexity index is 702. The molecule has 0 atom stereocenters. The maximum Gasteiger partial charge on any atom is 0.333 e. The van der Waals surface area contributed by atoms with Gasteiger partial charge in [0.25, 0.3) is 0 Å². The maximum absolute atomic E-state index is 12.0. The lowest BCUT2D eigenvalue weighted by molar-refractivity contribution is -0.150. The molecule has 0 saturated heterocycles. The van der Waals surface area contributed by atoms with E-state index < -0.39 is 11.9 Å². The van der Waals surface area contributed by atoms with Crippen LogP contribution in [-0.4, -0.2) is 50.3 Å². The van der Waals surface area contributed by atoms with Crippen molar-refractivity contribution in [2.24, 2.45) is 11.8 Å². The van der Waals surface area contributed by atoms with Crippen LogP contribution in [0.3, 0.4) is 0 Å². The molecule has 35 heavy (non-hydrogen) atoms. The molecule has 0 aromatic carbocycles. The van der Waals surface area contributed by atoms with E-state index in [0.29, 0.717) is 38.9 Å². The van der Waals surface area contributed by atoms with E-state index in [9.17, 15) is 19.2 Å². The second-order valence-electron chi connectivity index (χ2n) is 9.55. The van der Waals surface area contributed by atoms with E-state index in [2.05, 4.69) is 0 Å². The summed E-state index contributed by atoms with van der Waals surface area (Å²) < 4.78 is 20.9. The summed E-state index contributed by atoms with van der Waals surface area (Å²) >= 11 is 0. The molecule has 0 aromatic heterocycles. The lowest BCUT2D eigenvalue weighted by Gasteiger charge is -2.19. The van der Waals surface area contributed by atoms with Gasteiger partial charge in [0.05, 0.1) is 38.3 Å². The number of hydrogen-bond acceptors (Lipinski definition) is 8. The number of ether oxygens (including phenoxy) is 4. The Kier molecular flexibility index (Phi) is 14.1. The molecule has 0 amide bonds. The van der Waals surface area contributed by atoms with E-state index in [1.54, 1.807) is 0 Å². The van der Waals surface area contributed by atoms with Crippen LogP contribution < -0.4 is 0 Å². The number of unbranched alkanes of at least 4 members (excludes halogenated alkanes) is 2. The Morgan fingerprint density at radius 2 is 1.00 bits per heavy atom. The van der Waals surface area contributed by atoms with Crippen molar-refractivity contribution in [3.8, 4) is 0 Å². The number of rotatable bonds is 14.